The molecule has 1 aliphatic heterocycles. The molecule has 0 fully saturated rings. The molecular formula is C23H20F3N3O5. The first-order valence-corrected chi connectivity index (χ1v) is 10.2. The van der Waals surface area contributed by atoms with Gasteiger partial charge < -0.3 is 15.0 Å². The van der Waals surface area contributed by atoms with Crippen molar-refractivity contribution in [3.8, 4) is 0 Å². The van der Waals surface area contributed by atoms with Gasteiger partial charge in [-0.2, -0.15) is 13.2 Å². The standard InChI is InChI=1S/C23H20F3N3O5/c24-23(25,26)22(34)28(12-13-30)11-10-27-19(31)18(14-15-6-2-1-3-7-15)29-20(32)16-8-4-5-9-17(16)21(29)33/h1-9,13,18H,10-12,14H2,(H,27,31). The van der Waals surface area contributed by atoms with E-state index in [9.17, 15) is 37.1 Å². The van der Waals surface area contributed by atoms with Gasteiger partial charge in [0.25, 0.3) is 11.8 Å². The van der Waals surface area contributed by atoms with Crippen molar-refractivity contribution in [2.24, 2.45) is 0 Å². The second kappa shape index (κ2) is 10.3. The third kappa shape index (κ3) is 5.30. The van der Waals surface area contributed by atoms with Crippen LogP contribution in [0.5, 0.6) is 0 Å². The van der Waals surface area contributed by atoms with Crippen molar-refractivity contribution in [1.82, 2.24) is 15.1 Å². The predicted octanol–water partition coefficient (Wildman–Crippen LogP) is 1.60. The van der Waals surface area contributed by atoms with Gasteiger partial charge in [-0.3, -0.25) is 24.1 Å². The number of nitrogens with one attached hydrogen (secondary N) is 1. The fraction of sp³-hybridized carbons (Fsp3) is 0.261. The number of carbonyl (C=O) groups excluding carboxylic acids is 5. The molecule has 4 amide bonds. The second-order valence-corrected chi connectivity index (χ2v) is 7.44. The molecule has 11 heteroatoms. The molecule has 0 aromatic heterocycles. The van der Waals surface area contributed by atoms with E-state index >= 15 is 0 Å². The van der Waals surface area contributed by atoms with Crippen LogP contribution in [0.25, 0.3) is 0 Å². The van der Waals surface area contributed by atoms with Crippen molar-refractivity contribution in [1.29, 1.82) is 0 Å². The van der Waals surface area contributed by atoms with E-state index in [1.807, 2.05) is 0 Å². The second-order valence-electron chi connectivity index (χ2n) is 7.44. The van der Waals surface area contributed by atoms with Crippen LogP contribution < -0.4 is 5.32 Å². The molecule has 1 aliphatic rings. The number of hydrogen-bond donors (Lipinski definition) is 1. The van der Waals surface area contributed by atoms with Crippen LogP contribution in [-0.4, -0.2) is 71.6 Å². The maximum atomic E-state index is 13.0. The Bertz CT molecular complexity index is 1070. The van der Waals surface area contributed by atoms with E-state index in [0.29, 0.717) is 5.56 Å². The minimum atomic E-state index is -5.18. The van der Waals surface area contributed by atoms with Crippen LogP contribution >= 0.6 is 0 Å². The first-order chi connectivity index (χ1) is 16.1. The minimum Gasteiger partial charge on any atom is -0.353 e. The van der Waals surface area contributed by atoms with Crippen LogP contribution in [0.3, 0.4) is 0 Å². The Hall–Kier alpha value is -4.02. The molecular weight excluding hydrogens is 455 g/mol. The lowest BCUT2D eigenvalue weighted by Crippen LogP contribution is -2.52. The average molecular weight is 475 g/mol. The summed E-state index contributed by atoms with van der Waals surface area (Å²) in [5.41, 5.74) is 0.937. The quantitative estimate of drug-likeness (QED) is 0.438. The highest BCUT2D eigenvalue weighted by atomic mass is 19.4. The van der Waals surface area contributed by atoms with Crippen LogP contribution in [0.1, 0.15) is 26.3 Å². The number of carbonyl (C=O) groups is 5. The SMILES string of the molecule is O=CCN(CCNC(=O)C(Cc1ccccc1)N1C(=O)c2ccccc2C1=O)C(=O)C(F)(F)F. The normalized spacial score (nSPS) is 13.9. The molecule has 34 heavy (non-hydrogen) atoms. The van der Waals surface area contributed by atoms with E-state index in [1.54, 1.807) is 42.5 Å². The zero-order chi connectivity index (χ0) is 24.9. The van der Waals surface area contributed by atoms with Crippen LogP contribution in [0, 0.1) is 0 Å². The van der Waals surface area contributed by atoms with E-state index in [2.05, 4.69) is 5.32 Å². The molecule has 0 aliphatic carbocycles. The van der Waals surface area contributed by atoms with Gasteiger partial charge in [-0.1, -0.05) is 42.5 Å². The summed E-state index contributed by atoms with van der Waals surface area (Å²) in [4.78, 5) is 62.1. The highest BCUT2D eigenvalue weighted by molar-refractivity contribution is 6.22. The number of amides is 4. The van der Waals surface area contributed by atoms with Gasteiger partial charge in [0.15, 0.2) is 0 Å². The molecule has 0 saturated heterocycles. The number of aldehydes is 1. The fourth-order valence-corrected chi connectivity index (χ4v) is 3.61. The highest BCUT2D eigenvalue weighted by Crippen LogP contribution is 2.26. The predicted molar refractivity (Wildman–Crippen MR) is 113 cm³/mol. The molecule has 178 valence electrons. The molecule has 0 spiro atoms. The minimum absolute atomic E-state index is 0.0301. The Morgan fingerprint density at radius 2 is 1.53 bits per heavy atom. The van der Waals surface area contributed by atoms with Crippen molar-refractivity contribution in [3.05, 3.63) is 71.3 Å². The van der Waals surface area contributed by atoms with Gasteiger partial charge in [-0.15, -0.1) is 0 Å². The van der Waals surface area contributed by atoms with E-state index < -0.39 is 55.5 Å². The lowest BCUT2D eigenvalue weighted by molar-refractivity contribution is -0.185. The summed E-state index contributed by atoms with van der Waals surface area (Å²) in [5, 5.41) is 2.38. The average Bonchev–Trinajstić information content (AvgIpc) is 3.06. The summed E-state index contributed by atoms with van der Waals surface area (Å²) in [7, 11) is 0. The van der Waals surface area contributed by atoms with Crippen LogP contribution in [0.2, 0.25) is 0 Å². The van der Waals surface area contributed by atoms with Crippen molar-refractivity contribution >= 4 is 29.9 Å². The monoisotopic (exact) mass is 475 g/mol. The maximum Gasteiger partial charge on any atom is 0.471 e. The number of fused-ring (bicyclic) bond motifs is 1. The van der Waals surface area contributed by atoms with Gasteiger partial charge in [0.1, 0.15) is 12.3 Å². The highest BCUT2D eigenvalue weighted by Gasteiger charge is 2.44. The topological polar surface area (TPSA) is 104 Å². The maximum absolute atomic E-state index is 13.0. The summed E-state index contributed by atoms with van der Waals surface area (Å²) in [6, 6.07) is 13.4. The summed E-state index contributed by atoms with van der Waals surface area (Å²) < 4.78 is 38.2. The molecule has 0 bridgehead atoms. The van der Waals surface area contributed by atoms with Gasteiger partial charge in [0.05, 0.1) is 17.7 Å². The number of halogens is 3. The van der Waals surface area contributed by atoms with E-state index in [4.69, 9.17) is 0 Å². The van der Waals surface area contributed by atoms with Crippen molar-refractivity contribution < 1.29 is 37.1 Å². The lowest BCUT2D eigenvalue weighted by Gasteiger charge is -2.26. The Morgan fingerprint density at radius 3 is 2.06 bits per heavy atom. The summed E-state index contributed by atoms with van der Waals surface area (Å²) in [5.74, 6) is -4.32. The molecule has 1 N–H and O–H groups in total. The summed E-state index contributed by atoms with van der Waals surface area (Å²) in [6.07, 6.45) is -5.07. The third-order valence-corrected chi connectivity index (χ3v) is 5.22. The number of imide groups is 1. The Balaban J connectivity index is 1.78. The molecule has 8 nitrogen and oxygen atoms in total. The first kappa shape index (κ1) is 24.6. The van der Waals surface area contributed by atoms with Crippen LogP contribution in [-0.2, 0) is 20.8 Å². The van der Waals surface area contributed by atoms with Gasteiger partial charge in [0.2, 0.25) is 5.91 Å². The van der Waals surface area contributed by atoms with Gasteiger partial charge in [0, 0.05) is 19.5 Å². The number of nitrogens with zero attached hydrogens (tertiary/aromatic N) is 2. The Kier molecular flexibility index (Phi) is 7.44. The largest absolute Gasteiger partial charge is 0.471 e. The van der Waals surface area contributed by atoms with Gasteiger partial charge in [-0.05, 0) is 17.7 Å². The molecule has 1 heterocycles. The van der Waals surface area contributed by atoms with Gasteiger partial charge >= 0.3 is 12.1 Å². The van der Waals surface area contributed by atoms with E-state index in [1.165, 1.54) is 12.1 Å². The zero-order valence-electron chi connectivity index (χ0n) is 17.7. The smallest absolute Gasteiger partial charge is 0.353 e. The molecule has 3 rings (SSSR count). The third-order valence-electron chi connectivity index (χ3n) is 5.22. The van der Waals surface area contributed by atoms with E-state index in [0.717, 1.165) is 4.90 Å². The molecule has 1 atom stereocenters. The van der Waals surface area contributed by atoms with Crippen LogP contribution in [0.4, 0.5) is 13.2 Å². The van der Waals surface area contributed by atoms with Crippen molar-refractivity contribution in [2.45, 2.75) is 18.6 Å². The summed E-state index contributed by atoms with van der Waals surface area (Å²) >= 11 is 0. The van der Waals surface area contributed by atoms with Gasteiger partial charge in [-0.25, -0.2) is 0 Å². The molecule has 2 aromatic carbocycles. The number of hydrogen-bond acceptors (Lipinski definition) is 5. The van der Waals surface area contributed by atoms with E-state index in [-0.39, 0.29) is 28.7 Å². The summed E-state index contributed by atoms with van der Waals surface area (Å²) in [6.45, 7) is -1.83. The first-order valence-electron chi connectivity index (χ1n) is 10.2. The van der Waals surface area contributed by atoms with Crippen molar-refractivity contribution in [3.63, 3.8) is 0 Å². The van der Waals surface area contributed by atoms with Crippen molar-refractivity contribution in [2.75, 3.05) is 19.6 Å². The molecule has 2 aromatic rings. The zero-order valence-corrected chi connectivity index (χ0v) is 17.7. The van der Waals surface area contributed by atoms with Crippen LogP contribution in [0.15, 0.2) is 54.6 Å². The fourth-order valence-electron chi connectivity index (χ4n) is 3.61. The molecule has 0 saturated carbocycles. The molecule has 1 unspecified atom stereocenters. The number of rotatable bonds is 9. The lowest BCUT2D eigenvalue weighted by atomic mass is 10.0. The Labute approximate surface area is 192 Å². The Morgan fingerprint density at radius 1 is 0.971 bits per heavy atom. The number of benzene rings is 2. The number of alkyl halides is 3. The molecule has 0 radical (unpaired) electrons.